The number of aliphatic hydroxyl groups excluding tert-OH is 1. The maximum absolute atomic E-state index is 14.2. The normalized spacial score (nSPS) is 24.8. The molecule has 0 saturated carbocycles. The minimum atomic E-state index is -1.13. The minimum absolute atomic E-state index is 0.201. The number of amidine groups is 1. The van der Waals surface area contributed by atoms with Crippen molar-refractivity contribution in [2.24, 2.45) is 16.6 Å². The van der Waals surface area contributed by atoms with E-state index in [0.717, 1.165) is 12.1 Å². The molecule has 0 fully saturated rings. The van der Waals surface area contributed by atoms with E-state index in [1.54, 1.807) is 17.0 Å². The summed E-state index contributed by atoms with van der Waals surface area (Å²) >= 11 is 0. The summed E-state index contributed by atoms with van der Waals surface area (Å²) < 4.78 is 14.2. The van der Waals surface area contributed by atoms with E-state index >= 15 is 0 Å². The van der Waals surface area contributed by atoms with Crippen molar-refractivity contribution in [1.29, 1.82) is 0 Å². The van der Waals surface area contributed by atoms with Gasteiger partial charge in [0, 0.05) is 5.70 Å². The SMILES string of the molecule is CC[C@H](N)C1=Nc2cccc(F)c2C(O)N1C1=C[C@@H](C)CC=C1. The highest BCUT2D eigenvalue weighted by Gasteiger charge is 2.34. The molecule has 2 aliphatic rings. The van der Waals surface area contributed by atoms with Crippen molar-refractivity contribution < 1.29 is 9.50 Å². The molecule has 1 aromatic rings. The van der Waals surface area contributed by atoms with Crippen LogP contribution in [-0.2, 0) is 0 Å². The van der Waals surface area contributed by atoms with Gasteiger partial charge in [-0.2, -0.15) is 0 Å². The predicted molar refractivity (Wildman–Crippen MR) is 89.6 cm³/mol. The van der Waals surface area contributed by atoms with E-state index in [4.69, 9.17) is 5.73 Å². The maximum atomic E-state index is 14.2. The van der Waals surface area contributed by atoms with Crippen molar-refractivity contribution in [3.63, 3.8) is 0 Å². The number of rotatable bonds is 3. The van der Waals surface area contributed by atoms with Gasteiger partial charge in [-0.25, -0.2) is 9.38 Å². The number of allylic oxidation sites excluding steroid dienone is 3. The highest BCUT2D eigenvalue weighted by Crippen LogP contribution is 2.39. The molecule has 4 nitrogen and oxygen atoms in total. The molecule has 122 valence electrons. The van der Waals surface area contributed by atoms with Crippen molar-refractivity contribution in [3.05, 3.63) is 53.5 Å². The third-order valence-corrected chi connectivity index (χ3v) is 4.32. The number of nitrogens with zero attached hydrogens (tertiary/aromatic N) is 2. The van der Waals surface area contributed by atoms with Gasteiger partial charge in [0.15, 0.2) is 6.23 Å². The molecule has 3 atom stereocenters. The van der Waals surface area contributed by atoms with E-state index in [0.29, 0.717) is 23.9 Å². The Morgan fingerprint density at radius 1 is 1.48 bits per heavy atom. The van der Waals surface area contributed by atoms with Gasteiger partial charge in [0.25, 0.3) is 0 Å². The summed E-state index contributed by atoms with van der Waals surface area (Å²) in [4.78, 5) is 6.21. The Hall–Kier alpha value is -1.98. The number of hydrogen-bond donors (Lipinski definition) is 2. The first-order valence-electron chi connectivity index (χ1n) is 8.01. The van der Waals surface area contributed by atoms with Crippen LogP contribution in [0.25, 0.3) is 0 Å². The lowest BCUT2D eigenvalue weighted by atomic mass is 9.98. The lowest BCUT2D eigenvalue weighted by Gasteiger charge is -2.38. The number of benzene rings is 1. The minimum Gasteiger partial charge on any atom is -0.369 e. The quantitative estimate of drug-likeness (QED) is 0.899. The second kappa shape index (κ2) is 6.26. The molecule has 1 aliphatic carbocycles. The third-order valence-electron chi connectivity index (χ3n) is 4.32. The summed E-state index contributed by atoms with van der Waals surface area (Å²) in [7, 11) is 0. The molecule has 1 aliphatic heterocycles. The van der Waals surface area contributed by atoms with Gasteiger partial charge in [-0.15, -0.1) is 0 Å². The van der Waals surface area contributed by atoms with Gasteiger partial charge >= 0.3 is 0 Å². The van der Waals surface area contributed by atoms with E-state index in [9.17, 15) is 9.50 Å². The van der Waals surface area contributed by atoms with E-state index < -0.39 is 12.0 Å². The monoisotopic (exact) mass is 315 g/mol. The summed E-state index contributed by atoms with van der Waals surface area (Å²) in [5.41, 5.74) is 7.67. The number of aliphatic imine (C=N–C) groups is 1. The lowest BCUT2D eigenvalue weighted by molar-refractivity contribution is 0.0679. The van der Waals surface area contributed by atoms with Gasteiger partial charge in [0.05, 0.1) is 17.3 Å². The largest absolute Gasteiger partial charge is 0.369 e. The van der Waals surface area contributed by atoms with Crippen LogP contribution in [0.3, 0.4) is 0 Å². The molecule has 0 amide bonds. The predicted octanol–water partition coefficient (Wildman–Crippen LogP) is 3.38. The van der Waals surface area contributed by atoms with Gasteiger partial charge in [-0.1, -0.05) is 32.1 Å². The van der Waals surface area contributed by atoms with Crippen LogP contribution < -0.4 is 5.73 Å². The Morgan fingerprint density at radius 3 is 2.96 bits per heavy atom. The Kier molecular flexibility index (Phi) is 4.33. The Bertz CT molecular complexity index is 696. The van der Waals surface area contributed by atoms with Crippen molar-refractivity contribution in [2.75, 3.05) is 0 Å². The summed E-state index contributed by atoms with van der Waals surface area (Å²) in [6, 6.07) is 4.31. The van der Waals surface area contributed by atoms with Crippen LogP contribution in [0.1, 0.15) is 38.5 Å². The van der Waals surface area contributed by atoms with Crippen LogP contribution in [0, 0.1) is 11.7 Å². The van der Waals surface area contributed by atoms with Gasteiger partial charge in [0.1, 0.15) is 11.7 Å². The molecular formula is C18H22FN3O. The van der Waals surface area contributed by atoms with Crippen molar-refractivity contribution in [3.8, 4) is 0 Å². The summed E-state index contributed by atoms with van der Waals surface area (Å²) in [6.07, 6.45) is 6.56. The van der Waals surface area contributed by atoms with Crippen molar-refractivity contribution in [1.82, 2.24) is 4.90 Å². The van der Waals surface area contributed by atoms with Crippen LogP contribution in [0.15, 0.2) is 47.1 Å². The average Bonchev–Trinajstić information content (AvgIpc) is 2.53. The fourth-order valence-corrected chi connectivity index (χ4v) is 3.01. The second-order valence-electron chi connectivity index (χ2n) is 6.11. The van der Waals surface area contributed by atoms with Gasteiger partial charge in [0.2, 0.25) is 0 Å². The van der Waals surface area contributed by atoms with Gasteiger partial charge in [-0.05, 0) is 37.0 Å². The van der Waals surface area contributed by atoms with E-state index in [2.05, 4.69) is 24.1 Å². The molecular weight excluding hydrogens is 293 g/mol. The standard InChI is InChI=1S/C18H22FN3O/c1-3-14(20)17-21-15-9-5-8-13(19)16(15)18(23)22(17)12-7-4-6-11(2)10-12/h4-5,7-11,14,18,23H,3,6,20H2,1-2H3/t11-,14-,18?/m0/s1. The van der Waals surface area contributed by atoms with Crippen molar-refractivity contribution in [2.45, 2.75) is 39.0 Å². The number of halogens is 1. The summed E-state index contributed by atoms with van der Waals surface area (Å²) in [5.74, 6) is 0.465. The zero-order chi connectivity index (χ0) is 16.6. The van der Waals surface area contributed by atoms with Crippen molar-refractivity contribution >= 4 is 11.5 Å². The number of fused-ring (bicyclic) bond motifs is 1. The van der Waals surface area contributed by atoms with Crippen LogP contribution in [-0.4, -0.2) is 21.9 Å². The maximum Gasteiger partial charge on any atom is 0.163 e. The number of aliphatic hydroxyl groups is 1. The van der Waals surface area contributed by atoms with Gasteiger partial charge < -0.3 is 10.8 Å². The number of nitrogens with two attached hydrogens (primary N) is 1. The highest BCUT2D eigenvalue weighted by atomic mass is 19.1. The first-order chi connectivity index (χ1) is 11.0. The van der Waals surface area contributed by atoms with Crippen LogP contribution in [0.4, 0.5) is 10.1 Å². The van der Waals surface area contributed by atoms with E-state index in [1.165, 1.54) is 6.07 Å². The molecule has 0 spiro atoms. The zero-order valence-corrected chi connectivity index (χ0v) is 13.4. The summed E-state index contributed by atoms with van der Waals surface area (Å²) in [6.45, 7) is 4.07. The molecule has 0 aromatic heterocycles. The molecule has 23 heavy (non-hydrogen) atoms. The average molecular weight is 315 g/mol. The lowest BCUT2D eigenvalue weighted by Crippen LogP contribution is -2.46. The molecule has 5 heteroatoms. The topological polar surface area (TPSA) is 61.9 Å². The highest BCUT2D eigenvalue weighted by molar-refractivity contribution is 5.93. The second-order valence-corrected chi connectivity index (χ2v) is 6.11. The van der Waals surface area contributed by atoms with Crippen LogP contribution in [0.5, 0.6) is 0 Å². The molecule has 0 bridgehead atoms. The van der Waals surface area contributed by atoms with E-state index in [-0.39, 0.29) is 11.6 Å². The Balaban J connectivity index is 2.14. The van der Waals surface area contributed by atoms with Crippen LogP contribution in [0.2, 0.25) is 0 Å². The fraction of sp³-hybridized carbons (Fsp3) is 0.389. The first-order valence-corrected chi connectivity index (χ1v) is 8.01. The smallest absolute Gasteiger partial charge is 0.163 e. The molecule has 1 heterocycles. The Morgan fingerprint density at radius 2 is 2.26 bits per heavy atom. The van der Waals surface area contributed by atoms with E-state index in [1.807, 2.05) is 13.0 Å². The molecule has 0 radical (unpaired) electrons. The summed E-state index contributed by atoms with van der Waals surface area (Å²) in [5, 5.41) is 10.8. The first kappa shape index (κ1) is 15.9. The fourth-order valence-electron chi connectivity index (χ4n) is 3.01. The molecule has 3 rings (SSSR count). The molecule has 1 aromatic carbocycles. The zero-order valence-electron chi connectivity index (χ0n) is 13.4. The third kappa shape index (κ3) is 2.82. The molecule has 3 N–H and O–H groups in total. The number of hydrogen-bond acceptors (Lipinski definition) is 4. The van der Waals surface area contributed by atoms with Gasteiger partial charge in [-0.3, -0.25) is 4.90 Å². The van der Waals surface area contributed by atoms with Crippen LogP contribution >= 0.6 is 0 Å². The molecule has 1 unspecified atom stereocenters. The Labute approximate surface area is 135 Å². The molecule has 0 saturated heterocycles.